The Morgan fingerprint density at radius 2 is 1.68 bits per heavy atom. The minimum Gasteiger partial charge on any atom is -0.330 e. The maximum absolute atomic E-state index is 5.64. The summed E-state index contributed by atoms with van der Waals surface area (Å²) in [6.45, 7) is 0.666. The van der Waals surface area contributed by atoms with Gasteiger partial charge >= 0.3 is 0 Å². The van der Waals surface area contributed by atoms with Gasteiger partial charge in [-0.05, 0) is 62.3 Å². The first-order chi connectivity index (χ1) is 9.33. The minimum absolute atomic E-state index is 0.666. The Hall–Kier alpha value is -0.960. The van der Waals surface area contributed by atoms with Crippen LogP contribution in [0.15, 0.2) is 12.4 Å². The van der Waals surface area contributed by atoms with Gasteiger partial charge in [-0.3, -0.25) is 9.97 Å². The number of aromatic nitrogens is 2. The van der Waals surface area contributed by atoms with E-state index < -0.39 is 0 Å². The van der Waals surface area contributed by atoms with Gasteiger partial charge in [-0.1, -0.05) is 0 Å². The van der Waals surface area contributed by atoms with Gasteiger partial charge in [-0.25, -0.2) is 0 Å². The maximum Gasteiger partial charge on any atom is 0.0626 e. The average Bonchev–Trinajstić information content (AvgIpc) is 2.38. The molecular weight excluding hydrogens is 234 g/mol. The van der Waals surface area contributed by atoms with Gasteiger partial charge in [0.1, 0.15) is 0 Å². The molecule has 0 unspecified atom stereocenters. The fourth-order valence-electron chi connectivity index (χ4n) is 5.26. The summed E-state index contributed by atoms with van der Waals surface area (Å²) in [7, 11) is 0. The van der Waals surface area contributed by atoms with Crippen molar-refractivity contribution in [2.45, 2.75) is 44.4 Å². The molecule has 0 aromatic carbocycles. The standard InChI is InChI=1S/C16H23N3/c17-2-1-14-8-18-9-15(19-14)16-12-4-10-3-11(6-12)7-13(16)5-10/h8-13,16H,1-7,17H2. The van der Waals surface area contributed by atoms with Crippen LogP contribution in [0.3, 0.4) is 0 Å². The van der Waals surface area contributed by atoms with E-state index in [2.05, 4.69) is 4.98 Å². The zero-order valence-corrected chi connectivity index (χ0v) is 11.5. The van der Waals surface area contributed by atoms with E-state index in [4.69, 9.17) is 10.7 Å². The van der Waals surface area contributed by atoms with Crippen LogP contribution in [0.2, 0.25) is 0 Å². The van der Waals surface area contributed by atoms with E-state index >= 15 is 0 Å². The molecule has 0 amide bonds. The van der Waals surface area contributed by atoms with Crippen molar-refractivity contribution in [3.63, 3.8) is 0 Å². The maximum atomic E-state index is 5.64. The quantitative estimate of drug-likeness (QED) is 0.905. The molecule has 0 atom stereocenters. The lowest BCUT2D eigenvalue weighted by molar-refractivity contribution is -0.00432. The van der Waals surface area contributed by atoms with Crippen molar-refractivity contribution in [3.05, 3.63) is 23.8 Å². The summed E-state index contributed by atoms with van der Waals surface area (Å²) >= 11 is 0. The van der Waals surface area contributed by atoms with E-state index in [9.17, 15) is 0 Å². The van der Waals surface area contributed by atoms with Gasteiger partial charge < -0.3 is 5.73 Å². The van der Waals surface area contributed by atoms with Crippen molar-refractivity contribution in [1.29, 1.82) is 0 Å². The third-order valence-corrected chi connectivity index (χ3v) is 5.67. The molecule has 3 nitrogen and oxygen atoms in total. The van der Waals surface area contributed by atoms with E-state index in [0.717, 1.165) is 35.8 Å². The fraction of sp³-hybridized carbons (Fsp3) is 0.750. The molecule has 102 valence electrons. The van der Waals surface area contributed by atoms with E-state index in [1.807, 2.05) is 12.4 Å². The Balaban J connectivity index is 1.63. The molecule has 4 aliphatic rings. The van der Waals surface area contributed by atoms with E-state index in [-0.39, 0.29) is 0 Å². The summed E-state index contributed by atoms with van der Waals surface area (Å²) in [6, 6.07) is 0. The van der Waals surface area contributed by atoms with Crippen LogP contribution in [0.1, 0.15) is 49.4 Å². The van der Waals surface area contributed by atoms with Crippen molar-refractivity contribution in [2.24, 2.45) is 29.4 Å². The van der Waals surface area contributed by atoms with Gasteiger partial charge in [-0.15, -0.1) is 0 Å². The first-order valence-electron chi connectivity index (χ1n) is 7.84. The van der Waals surface area contributed by atoms with Gasteiger partial charge in [0.15, 0.2) is 0 Å². The summed E-state index contributed by atoms with van der Waals surface area (Å²) in [5, 5.41) is 0. The molecule has 2 N–H and O–H groups in total. The number of rotatable bonds is 3. The average molecular weight is 257 g/mol. The van der Waals surface area contributed by atoms with Crippen LogP contribution >= 0.6 is 0 Å². The normalized spacial score (nSPS) is 39.7. The van der Waals surface area contributed by atoms with Crippen LogP contribution in [-0.2, 0) is 6.42 Å². The molecular formula is C16H23N3. The first kappa shape index (κ1) is 11.8. The number of nitrogens with two attached hydrogens (primary N) is 1. The summed E-state index contributed by atoms with van der Waals surface area (Å²) in [5.74, 6) is 4.52. The van der Waals surface area contributed by atoms with Gasteiger partial charge in [0.05, 0.1) is 11.4 Å². The van der Waals surface area contributed by atoms with Gasteiger partial charge in [0.2, 0.25) is 0 Å². The minimum atomic E-state index is 0.666. The molecule has 4 saturated carbocycles. The molecule has 3 heteroatoms. The lowest BCUT2D eigenvalue weighted by Gasteiger charge is -2.54. The predicted molar refractivity (Wildman–Crippen MR) is 74.6 cm³/mol. The second-order valence-electron chi connectivity index (χ2n) is 6.93. The monoisotopic (exact) mass is 257 g/mol. The number of hydrogen-bond donors (Lipinski definition) is 1. The molecule has 0 spiro atoms. The second kappa shape index (κ2) is 4.55. The molecule has 0 saturated heterocycles. The van der Waals surface area contributed by atoms with E-state index in [0.29, 0.717) is 12.5 Å². The number of nitrogens with zero attached hydrogens (tertiary/aromatic N) is 2. The Labute approximate surface area is 115 Å². The molecule has 4 fully saturated rings. The summed E-state index contributed by atoms with van der Waals surface area (Å²) in [5.41, 5.74) is 7.98. The third kappa shape index (κ3) is 1.99. The van der Waals surface area contributed by atoms with Crippen LogP contribution in [0, 0.1) is 23.7 Å². The molecule has 1 heterocycles. The largest absolute Gasteiger partial charge is 0.330 e. The Kier molecular flexibility index (Phi) is 2.83. The SMILES string of the molecule is NCCc1cncc(C2C3CC4CC(C3)CC2C4)n1. The second-order valence-corrected chi connectivity index (χ2v) is 6.93. The van der Waals surface area contributed by atoms with Crippen LogP contribution in [0.5, 0.6) is 0 Å². The molecule has 1 aromatic heterocycles. The summed E-state index contributed by atoms with van der Waals surface area (Å²) in [6.07, 6.45) is 12.0. The van der Waals surface area contributed by atoms with Crippen LogP contribution in [0.4, 0.5) is 0 Å². The Bertz CT molecular complexity index is 443. The van der Waals surface area contributed by atoms with Crippen LogP contribution in [-0.4, -0.2) is 16.5 Å². The van der Waals surface area contributed by atoms with Crippen molar-refractivity contribution in [1.82, 2.24) is 9.97 Å². The van der Waals surface area contributed by atoms with E-state index in [1.54, 1.807) is 0 Å². The highest BCUT2D eigenvalue weighted by molar-refractivity contribution is 5.16. The summed E-state index contributed by atoms with van der Waals surface area (Å²) < 4.78 is 0. The van der Waals surface area contributed by atoms with Crippen molar-refractivity contribution in [3.8, 4) is 0 Å². The topological polar surface area (TPSA) is 51.8 Å². The third-order valence-electron chi connectivity index (χ3n) is 5.67. The van der Waals surface area contributed by atoms with Gasteiger partial charge in [-0.2, -0.15) is 0 Å². The number of hydrogen-bond acceptors (Lipinski definition) is 3. The highest BCUT2D eigenvalue weighted by Gasteiger charge is 2.49. The lowest BCUT2D eigenvalue weighted by atomic mass is 9.51. The molecule has 4 aliphatic carbocycles. The van der Waals surface area contributed by atoms with Gasteiger partial charge in [0, 0.05) is 24.7 Å². The molecule has 0 radical (unpaired) electrons. The van der Waals surface area contributed by atoms with Crippen LogP contribution < -0.4 is 5.73 Å². The Morgan fingerprint density at radius 3 is 2.32 bits per heavy atom. The van der Waals surface area contributed by atoms with Crippen molar-refractivity contribution in [2.75, 3.05) is 6.54 Å². The lowest BCUT2D eigenvalue weighted by Crippen LogP contribution is -2.44. The van der Waals surface area contributed by atoms with Crippen LogP contribution in [0.25, 0.3) is 0 Å². The highest BCUT2D eigenvalue weighted by Crippen LogP contribution is 2.59. The predicted octanol–water partition coefficient (Wildman–Crippen LogP) is 2.52. The van der Waals surface area contributed by atoms with Crippen molar-refractivity contribution >= 4 is 0 Å². The molecule has 19 heavy (non-hydrogen) atoms. The first-order valence-corrected chi connectivity index (χ1v) is 7.84. The smallest absolute Gasteiger partial charge is 0.0626 e. The van der Waals surface area contributed by atoms with Crippen molar-refractivity contribution < 1.29 is 0 Å². The molecule has 4 bridgehead atoms. The molecule has 5 rings (SSSR count). The molecule has 0 aliphatic heterocycles. The van der Waals surface area contributed by atoms with Gasteiger partial charge in [0.25, 0.3) is 0 Å². The zero-order chi connectivity index (χ0) is 12.8. The fourth-order valence-corrected chi connectivity index (χ4v) is 5.26. The zero-order valence-electron chi connectivity index (χ0n) is 11.5. The molecule has 1 aromatic rings. The Morgan fingerprint density at radius 1 is 1.00 bits per heavy atom. The highest BCUT2D eigenvalue weighted by atomic mass is 14.8. The summed E-state index contributed by atoms with van der Waals surface area (Å²) in [4.78, 5) is 9.28. The van der Waals surface area contributed by atoms with E-state index in [1.165, 1.54) is 37.8 Å².